The highest BCUT2D eigenvalue weighted by atomic mass is 19.1. The lowest BCUT2D eigenvalue weighted by Gasteiger charge is -2.45. The van der Waals surface area contributed by atoms with Crippen LogP contribution in [0.2, 0.25) is 0 Å². The van der Waals surface area contributed by atoms with Gasteiger partial charge in [0.1, 0.15) is 35.3 Å². The summed E-state index contributed by atoms with van der Waals surface area (Å²) in [4.78, 5) is 22.0. The van der Waals surface area contributed by atoms with E-state index in [0.717, 1.165) is 68.2 Å². The molecule has 3 aliphatic rings. The quantitative estimate of drug-likeness (QED) is 0.326. The fourth-order valence-electron chi connectivity index (χ4n) is 6.50. The summed E-state index contributed by atoms with van der Waals surface area (Å²) >= 11 is 0. The highest BCUT2D eigenvalue weighted by Crippen LogP contribution is 2.39. The number of piperidine rings is 1. The monoisotopic (exact) mass is 570 g/mol. The molecule has 1 spiro atoms. The van der Waals surface area contributed by atoms with Crippen molar-refractivity contribution in [2.24, 2.45) is 4.99 Å². The number of aliphatic imine (C=N–C) groups is 1. The molecule has 2 fully saturated rings. The van der Waals surface area contributed by atoms with Gasteiger partial charge in [0.05, 0.1) is 7.11 Å². The summed E-state index contributed by atoms with van der Waals surface area (Å²) in [5.41, 5.74) is 2.28. The first-order valence-electron chi connectivity index (χ1n) is 15.0. The van der Waals surface area contributed by atoms with Crippen molar-refractivity contribution in [3.05, 3.63) is 89.7 Å². The Bertz CT molecular complexity index is 1400. The number of urea groups is 1. The Hall–Kier alpha value is -3.91. The molecule has 1 N–H and O–H groups in total. The molecule has 220 valence electrons. The molecule has 3 aromatic carbocycles. The van der Waals surface area contributed by atoms with Crippen LogP contribution in [-0.2, 0) is 13.2 Å². The number of amidine groups is 1. The molecule has 8 heteroatoms. The maximum atomic E-state index is 14.3. The van der Waals surface area contributed by atoms with Gasteiger partial charge < -0.3 is 14.8 Å². The molecule has 1 saturated carbocycles. The molecule has 1 saturated heterocycles. The molecule has 0 aromatic heterocycles. The maximum Gasteiger partial charge on any atom is 0.350 e. The number of amides is 2. The fraction of sp³-hybridized carbons (Fsp3) is 0.412. The van der Waals surface area contributed by atoms with Crippen molar-refractivity contribution in [2.45, 2.75) is 69.7 Å². The minimum atomic E-state index is -0.585. The summed E-state index contributed by atoms with van der Waals surface area (Å²) in [6.45, 7) is 2.92. The number of benzene rings is 3. The highest BCUT2D eigenvalue weighted by molar-refractivity contribution is 6.16. The van der Waals surface area contributed by atoms with E-state index in [4.69, 9.17) is 9.47 Å². The van der Waals surface area contributed by atoms with Crippen LogP contribution in [0.5, 0.6) is 11.5 Å². The summed E-state index contributed by atoms with van der Waals surface area (Å²) in [5.74, 6) is 2.08. The standard InChI is InChI=1S/C34H39FN4O3/c1-41-30-14-12-26(13-15-30)24-42-31-16-10-25(11-17-31)23-38-20-18-34(19-21-38)32(36-28-7-3-2-4-8-28)37-33(40)39(34)29-9-5-6-27(35)22-29/h5-6,9-17,22,28H,2-4,7-8,18-21,23-24H2,1H3,(H,36,37,40). The zero-order valence-electron chi connectivity index (χ0n) is 24.2. The van der Waals surface area contributed by atoms with Crippen LogP contribution in [0.1, 0.15) is 56.1 Å². The molecule has 42 heavy (non-hydrogen) atoms. The zero-order valence-corrected chi connectivity index (χ0v) is 24.2. The number of carbonyl (C=O) groups is 1. The lowest BCUT2D eigenvalue weighted by molar-refractivity contribution is 0.181. The lowest BCUT2D eigenvalue weighted by Crippen LogP contribution is -2.62. The largest absolute Gasteiger partial charge is 0.497 e. The topological polar surface area (TPSA) is 66.4 Å². The highest BCUT2D eigenvalue weighted by Gasteiger charge is 2.52. The second-order valence-corrected chi connectivity index (χ2v) is 11.6. The van der Waals surface area contributed by atoms with Crippen LogP contribution in [0.3, 0.4) is 0 Å². The molecule has 6 rings (SSSR count). The van der Waals surface area contributed by atoms with Gasteiger partial charge >= 0.3 is 6.03 Å². The van der Waals surface area contributed by atoms with E-state index in [1.165, 1.54) is 37.0 Å². The number of nitrogens with one attached hydrogen (secondary N) is 1. The van der Waals surface area contributed by atoms with Gasteiger partial charge in [0.25, 0.3) is 0 Å². The number of ether oxygens (including phenoxy) is 2. The Morgan fingerprint density at radius 2 is 1.62 bits per heavy atom. The number of halogens is 1. The lowest BCUT2D eigenvalue weighted by atomic mass is 9.83. The molecule has 0 atom stereocenters. The molecular weight excluding hydrogens is 531 g/mol. The van der Waals surface area contributed by atoms with Gasteiger partial charge in [0, 0.05) is 31.4 Å². The molecule has 0 radical (unpaired) electrons. The van der Waals surface area contributed by atoms with Crippen molar-refractivity contribution in [3.63, 3.8) is 0 Å². The van der Waals surface area contributed by atoms with E-state index in [1.54, 1.807) is 18.1 Å². The van der Waals surface area contributed by atoms with Crippen LogP contribution in [0, 0.1) is 5.82 Å². The van der Waals surface area contributed by atoms with Crippen molar-refractivity contribution in [2.75, 3.05) is 25.1 Å². The third-order valence-electron chi connectivity index (χ3n) is 8.86. The number of rotatable bonds is 8. The van der Waals surface area contributed by atoms with Crippen molar-refractivity contribution < 1.29 is 18.7 Å². The van der Waals surface area contributed by atoms with E-state index in [2.05, 4.69) is 27.3 Å². The Labute approximate surface area is 247 Å². The molecule has 2 aliphatic heterocycles. The molecule has 0 unspecified atom stereocenters. The SMILES string of the molecule is COc1ccc(COc2ccc(CN3CCC4(CC3)C(NC3CCCCC3)=NC(=O)N4c3cccc(F)c3)cc2)cc1. The summed E-state index contributed by atoms with van der Waals surface area (Å²) in [6.07, 6.45) is 7.30. The number of hydrogen-bond donors (Lipinski definition) is 1. The average Bonchev–Trinajstić information content (AvgIpc) is 3.28. The number of methoxy groups -OCH3 is 1. The van der Waals surface area contributed by atoms with Gasteiger partial charge in [-0.3, -0.25) is 9.80 Å². The van der Waals surface area contributed by atoms with Crippen LogP contribution in [0.25, 0.3) is 0 Å². The summed E-state index contributed by atoms with van der Waals surface area (Å²) in [5, 5.41) is 3.68. The maximum absolute atomic E-state index is 14.3. The molecular formula is C34H39FN4O3. The number of likely N-dealkylation sites (tertiary alicyclic amines) is 1. The van der Waals surface area contributed by atoms with Crippen LogP contribution in [-0.4, -0.2) is 48.5 Å². The molecule has 0 bridgehead atoms. The summed E-state index contributed by atoms with van der Waals surface area (Å²) in [7, 11) is 1.66. The third kappa shape index (κ3) is 6.14. The predicted octanol–water partition coefficient (Wildman–Crippen LogP) is 6.71. The van der Waals surface area contributed by atoms with Crippen LogP contribution in [0.15, 0.2) is 77.8 Å². The fourth-order valence-corrected chi connectivity index (χ4v) is 6.50. The van der Waals surface area contributed by atoms with E-state index in [1.807, 2.05) is 42.5 Å². The van der Waals surface area contributed by atoms with Gasteiger partial charge in [0.2, 0.25) is 0 Å². The van der Waals surface area contributed by atoms with Crippen molar-refractivity contribution in [1.29, 1.82) is 0 Å². The molecule has 7 nitrogen and oxygen atoms in total. The van der Waals surface area contributed by atoms with Crippen LogP contribution in [0.4, 0.5) is 14.9 Å². The van der Waals surface area contributed by atoms with Gasteiger partial charge in [0.15, 0.2) is 0 Å². The normalized spacial score (nSPS) is 19.1. The van der Waals surface area contributed by atoms with Gasteiger partial charge in [-0.1, -0.05) is 49.6 Å². The van der Waals surface area contributed by atoms with E-state index in [9.17, 15) is 9.18 Å². The first kappa shape index (κ1) is 28.2. The molecule has 3 aromatic rings. The summed E-state index contributed by atoms with van der Waals surface area (Å²) in [6, 6.07) is 22.5. The number of anilines is 1. The van der Waals surface area contributed by atoms with E-state index in [-0.39, 0.29) is 11.8 Å². The number of nitrogens with zero attached hydrogens (tertiary/aromatic N) is 3. The molecule has 2 amide bonds. The second kappa shape index (κ2) is 12.5. The van der Waals surface area contributed by atoms with Gasteiger partial charge in [-0.05, 0) is 79.3 Å². The van der Waals surface area contributed by atoms with Crippen LogP contribution < -0.4 is 19.7 Å². The van der Waals surface area contributed by atoms with E-state index in [0.29, 0.717) is 18.3 Å². The Balaban J connectivity index is 1.11. The predicted molar refractivity (Wildman–Crippen MR) is 163 cm³/mol. The second-order valence-electron chi connectivity index (χ2n) is 11.6. The number of carbonyl (C=O) groups excluding carboxylic acids is 1. The third-order valence-corrected chi connectivity index (χ3v) is 8.86. The van der Waals surface area contributed by atoms with Gasteiger partial charge in [-0.2, -0.15) is 4.99 Å². The van der Waals surface area contributed by atoms with E-state index < -0.39 is 5.54 Å². The van der Waals surface area contributed by atoms with E-state index >= 15 is 0 Å². The van der Waals surface area contributed by atoms with Gasteiger partial charge in [-0.25, -0.2) is 9.18 Å². The average molecular weight is 571 g/mol. The van der Waals surface area contributed by atoms with Crippen molar-refractivity contribution >= 4 is 17.6 Å². The Morgan fingerprint density at radius 3 is 2.31 bits per heavy atom. The number of hydrogen-bond acceptors (Lipinski definition) is 5. The minimum absolute atomic E-state index is 0.308. The summed E-state index contributed by atoms with van der Waals surface area (Å²) < 4.78 is 25.5. The van der Waals surface area contributed by atoms with Crippen LogP contribution >= 0.6 is 0 Å². The van der Waals surface area contributed by atoms with Gasteiger partial charge in [-0.15, -0.1) is 0 Å². The van der Waals surface area contributed by atoms with Crippen molar-refractivity contribution in [3.8, 4) is 11.5 Å². The molecule has 1 aliphatic carbocycles. The smallest absolute Gasteiger partial charge is 0.350 e. The van der Waals surface area contributed by atoms with Crippen molar-refractivity contribution in [1.82, 2.24) is 10.2 Å². The first-order valence-corrected chi connectivity index (χ1v) is 15.0. The minimum Gasteiger partial charge on any atom is -0.497 e. The first-order chi connectivity index (χ1) is 20.5. The zero-order chi connectivity index (χ0) is 28.9. The Morgan fingerprint density at radius 1 is 0.929 bits per heavy atom. The Kier molecular flexibility index (Phi) is 8.42. The molecule has 2 heterocycles.